The standard InChI is InChI=1S/C23H25ClF2N4O3/c1-3-11-30(13-20-27-18-12-14(24)9-10-16(18)21(31)29-20)23(32)28-17(4-2)15-7-5-6-8-19(15)33-22(25)26/h5-10,12,17,22H,3-4,11,13H2,1-2H3,(H,28,32)(H,27,29,31). The summed E-state index contributed by atoms with van der Waals surface area (Å²) in [6.45, 7) is 1.23. The minimum absolute atomic E-state index is 0.0131. The highest BCUT2D eigenvalue weighted by Gasteiger charge is 2.22. The first-order valence-corrected chi connectivity index (χ1v) is 11.0. The van der Waals surface area contributed by atoms with Gasteiger partial charge < -0.3 is 19.9 Å². The van der Waals surface area contributed by atoms with Gasteiger partial charge in [-0.25, -0.2) is 9.78 Å². The van der Waals surface area contributed by atoms with Gasteiger partial charge in [-0.2, -0.15) is 8.78 Å². The number of aromatic amines is 1. The van der Waals surface area contributed by atoms with Crippen molar-refractivity contribution in [3.05, 3.63) is 69.2 Å². The average molecular weight is 479 g/mol. The highest BCUT2D eigenvalue weighted by molar-refractivity contribution is 6.31. The normalized spacial score (nSPS) is 12.1. The molecule has 176 valence electrons. The zero-order chi connectivity index (χ0) is 24.0. The maximum atomic E-state index is 13.1. The Morgan fingerprint density at radius 3 is 2.70 bits per heavy atom. The molecular formula is C23H25ClF2N4O3. The Hall–Kier alpha value is -3.20. The van der Waals surface area contributed by atoms with Crippen LogP contribution in [0.15, 0.2) is 47.3 Å². The highest BCUT2D eigenvalue weighted by atomic mass is 35.5. The summed E-state index contributed by atoms with van der Waals surface area (Å²) in [6.07, 6.45) is 1.12. The number of carbonyl (C=O) groups is 1. The molecule has 33 heavy (non-hydrogen) atoms. The molecule has 1 atom stereocenters. The number of rotatable bonds is 9. The summed E-state index contributed by atoms with van der Waals surface area (Å²) in [5, 5.41) is 3.73. The van der Waals surface area contributed by atoms with Crippen LogP contribution in [0, 0.1) is 0 Å². The number of halogens is 3. The zero-order valence-corrected chi connectivity index (χ0v) is 19.0. The minimum Gasteiger partial charge on any atom is -0.434 e. The van der Waals surface area contributed by atoms with Crippen molar-refractivity contribution in [2.45, 2.75) is 45.9 Å². The Kier molecular flexibility index (Phi) is 8.21. The largest absolute Gasteiger partial charge is 0.434 e. The molecule has 1 unspecified atom stereocenters. The molecule has 1 aromatic heterocycles. The van der Waals surface area contributed by atoms with Gasteiger partial charge in [-0.15, -0.1) is 0 Å². The number of nitrogens with zero attached hydrogens (tertiary/aromatic N) is 2. The minimum atomic E-state index is -2.97. The van der Waals surface area contributed by atoms with E-state index in [9.17, 15) is 18.4 Å². The maximum Gasteiger partial charge on any atom is 0.387 e. The third-order valence-corrected chi connectivity index (χ3v) is 5.29. The summed E-state index contributed by atoms with van der Waals surface area (Å²) in [5.74, 6) is 0.326. The summed E-state index contributed by atoms with van der Waals surface area (Å²) in [6, 6.07) is 10.2. The van der Waals surface area contributed by atoms with Crippen molar-refractivity contribution in [2.24, 2.45) is 0 Å². The van der Waals surface area contributed by atoms with Crippen LogP contribution in [0.5, 0.6) is 5.75 Å². The van der Waals surface area contributed by atoms with Crippen LogP contribution in [-0.4, -0.2) is 34.1 Å². The number of alkyl halides is 2. The number of hydrogen-bond donors (Lipinski definition) is 2. The van der Waals surface area contributed by atoms with E-state index in [0.29, 0.717) is 46.7 Å². The van der Waals surface area contributed by atoms with Crippen LogP contribution in [0.4, 0.5) is 13.6 Å². The molecule has 0 fully saturated rings. The van der Waals surface area contributed by atoms with Crippen LogP contribution in [0.3, 0.4) is 0 Å². The predicted octanol–water partition coefficient (Wildman–Crippen LogP) is 5.25. The van der Waals surface area contributed by atoms with E-state index < -0.39 is 18.7 Å². The number of H-pyrrole nitrogens is 1. The van der Waals surface area contributed by atoms with E-state index in [4.69, 9.17) is 11.6 Å². The molecule has 0 radical (unpaired) electrons. The molecule has 0 aliphatic heterocycles. The molecule has 1 heterocycles. The van der Waals surface area contributed by atoms with Crippen LogP contribution < -0.4 is 15.6 Å². The fourth-order valence-corrected chi connectivity index (χ4v) is 3.72. The number of hydrogen-bond acceptors (Lipinski definition) is 4. The van der Waals surface area contributed by atoms with Gasteiger partial charge in [0.1, 0.15) is 11.6 Å². The second kappa shape index (κ2) is 11.1. The summed E-state index contributed by atoms with van der Waals surface area (Å²) in [4.78, 5) is 34.2. The molecule has 0 saturated heterocycles. The van der Waals surface area contributed by atoms with Gasteiger partial charge >= 0.3 is 12.6 Å². The second-order valence-electron chi connectivity index (χ2n) is 7.42. The van der Waals surface area contributed by atoms with Gasteiger partial charge in [-0.1, -0.05) is 43.6 Å². The van der Waals surface area contributed by atoms with E-state index in [-0.39, 0.29) is 17.9 Å². The van der Waals surface area contributed by atoms with Crippen LogP contribution >= 0.6 is 11.6 Å². The van der Waals surface area contributed by atoms with Crippen molar-refractivity contribution in [1.82, 2.24) is 20.2 Å². The number of benzene rings is 2. The van der Waals surface area contributed by atoms with Crippen LogP contribution in [0.25, 0.3) is 10.9 Å². The summed E-state index contributed by atoms with van der Waals surface area (Å²) >= 11 is 6.02. The Morgan fingerprint density at radius 1 is 1.24 bits per heavy atom. The topological polar surface area (TPSA) is 87.3 Å². The molecule has 7 nitrogen and oxygen atoms in total. The number of para-hydroxylation sites is 1. The van der Waals surface area contributed by atoms with Crippen LogP contribution in [-0.2, 0) is 6.54 Å². The molecule has 2 amide bonds. The number of ether oxygens (including phenoxy) is 1. The highest BCUT2D eigenvalue weighted by Crippen LogP contribution is 2.28. The van der Waals surface area contributed by atoms with Gasteiger partial charge in [-0.3, -0.25) is 4.79 Å². The summed E-state index contributed by atoms with van der Waals surface area (Å²) in [7, 11) is 0. The predicted molar refractivity (Wildman–Crippen MR) is 123 cm³/mol. The second-order valence-corrected chi connectivity index (χ2v) is 7.86. The Morgan fingerprint density at radius 2 is 2.00 bits per heavy atom. The first-order chi connectivity index (χ1) is 15.8. The monoisotopic (exact) mass is 478 g/mol. The van der Waals surface area contributed by atoms with E-state index in [1.54, 1.807) is 36.4 Å². The van der Waals surface area contributed by atoms with E-state index in [2.05, 4.69) is 20.0 Å². The van der Waals surface area contributed by atoms with E-state index in [1.807, 2.05) is 13.8 Å². The van der Waals surface area contributed by atoms with E-state index in [1.165, 1.54) is 11.0 Å². The SMILES string of the molecule is CCCN(Cc1nc2cc(Cl)ccc2c(=O)[nH]1)C(=O)NC(CC)c1ccccc1OC(F)F. The van der Waals surface area contributed by atoms with E-state index in [0.717, 1.165) is 0 Å². The quantitative estimate of drug-likeness (QED) is 0.439. The Labute approximate surface area is 194 Å². The van der Waals surface area contributed by atoms with Gasteiger partial charge in [0.25, 0.3) is 5.56 Å². The lowest BCUT2D eigenvalue weighted by Gasteiger charge is -2.26. The van der Waals surface area contributed by atoms with Crippen molar-refractivity contribution in [2.75, 3.05) is 6.54 Å². The summed E-state index contributed by atoms with van der Waals surface area (Å²) < 4.78 is 30.2. The molecular weight excluding hydrogens is 454 g/mol. The lowest BCUT2D eigenvalue weighted by molar-refractivity contribution is -0.0507. The molecule has 0 saturated carbocycles. The van der Waals surface area contributed by atoms with Gasteiger partial charge in [0, 0.05) is 17.1 Å². The zero-order valence-electron chi connectivity index (χ0n) is 18.3. The summed E-state index contributed by atoms with van der Waals surface area (Å²) in [5.41, 5.74) is 0.563. The van der Waals surface area contributed by atoms with Crippen LogP contribution in [0.1, 0.15) is 44.1 Å². The Bertz CT molecular complexity index is 1170. The van der Waals surface area contributed by atoms with Crippen molar-refractivity contribution >= 4 is 28.5 Å². The average Bonchev–Trinajstić information content (AvgIpc) is 2.77. The first kappa shape index (κ1) is 24.4. The van der Waals surface area contributed by atoms with Gasteiger partial charge in [0.2, 0.25) is 0 Å². The number of fused-ring (bicyclic) bond motifs is 1. The van der Waals surface area contributed by atoms with Crippen molar-refractivity contribution in [3.63, 3.8) is 0 Å². The number of carbonyl (C=O) groups excluding carboxylic acids is 1. The van der Waals surface area contributed by atoms with Crippen molar-refractivity contribution in [3.8, 4) is 5.75 Å². The van der Waals surface area contributed by atoms with Crippen molar-refractivity contribution in [1.29, 1.82) is 0 Å². The molecule has 0 bridgehead atoms. The number of amides is 2. The van der Waals surface area contributed by atoms with Gasteiger partial charge in [0.15, 0.2) is 0 Å². The Balaban J connectivity index is 1.83. The molecule has 3 rings (SSSR count). The smallest absolute Gasteiger partial charge is 0.387 e. The molecule has 3 aromatic rings. The number of nitrogens with one attached hydrogen (secondary N) is 2. The fourth-order valence-electron chi connectivity index (χ4n) is 3.55. The first-order valence-electron chi connectivity index (χ1n) is 10.6. The van der Waals surface area contributed by atoms with Gasteiger partial charge in [-0.05, 0) is 37.1 Å². The van der Waals surface area contributed by atoms with Crippen molar-refractivity contribution < 1.29 is 18.3 Å². The molecule has 0 aliphatic rings. The third-order valence-electron chi connectivity index (χ3n) is 5.06. The fraction of sp³-hybridized carbons (Fsp3) is 0.348. The molecule has 2 aromatic carbocycles. The van der Waals surface area contributed by atoms with Gasteiger partial charge in [0.05, 0.1) is 23.5 Å². The number of urea groups is 1. The maximum absolute atomic E-state index is 13.1. The molecule has 0 aliphatic carbocycles. The molecule has 10 heteroatoms. The number of aromatic nitrogens is 2. The lowest BCUT2D eigenvalue weighted by Crippen LogP contribution is -2.42. The van der Waals surface area contributed by atoms with Crippen LogP contribution in [0.2, 0.25) is 5.02 Å². The molecule has 0 spiro atoms. The third kappa shape index (κ3) is 6.19. The van der Waals surface area contributed by atoms with E-state index >= 15 is 0 Å². The molecule has 2 N–H and O–H groups in total. The lowest BCUT2D eigenvalue weighted by atomic mass is 10.0.